The topological polar surface area (TPSA) is 85.8 Å². The highest BCUT2D eigenvalue weighted by Gasteiger charge is 2.09. The van der Waals surface area contributed by atoms with Crippen molar-refractivity contribution >= 4 is 11.9 Å². The predicted molar refractivity (Wildman–Crippen MR) is 89.3 cm³/mol. The van der Waals surface area contributed by atoms with Gasteiger partial charge in [-0.25, -0.2) is 0 Å². The summed E-state index contributed by atoms with van der Waals surface area (Å²) in [6.45, 7) is 8.77. The van der Waals surface area contributed by atoms with E-state index in [1.165, 1.54) is 6.07 Å². The molecule has 0 aromatic heterocycles. The average molecular weight is 306 g/mol. The summed E-state index contributed by atoms with van der Waals surface area (Å²) in [6.07, 6.45) is 0. The molecular formula is C16H26N4O2. The van der Waals surface area contributed by atoms with E-state index in [9.17, 15) is 9.90 Å². The largest absolute Gasteiger partial charge is 0.507 e. The van der Waals surface area contributed by atoms with Crippen LogP contribution in [0.4, 0.5) is 0 Å². The van der Waals surface area contributed by atoms with Crippen LogP contribution in [-0.4, -0.2) is 43.2 Å². The van der Waals surface area contributed by atoms with Crippen LogP contribution in [0.5, 0.6) is 5.75 Å². The van der Waals surface area contributed by atoms with Crippen LogP contribution in [0.3, 0.4) is 0 Å². The number of aromatic hydroxyl groups is 1. The SMILES string of the molecule is CCNC(=NCC(C)C)NCCNC(=O)c1ccccc1O. The average Bonchev–Trinajstić information content (AvgIpc) is 2.49. The molecule has 122 valence electrons. The van der Waals surface area contributed by atoms with Gasteiger partial charge in [0.2, 0.25) is 0 Å². The van der Waals surface area contributed by atoms with Crippen molar-refractivity contribution < 1.29 is 9.90 Å². The molecule has 0 heterocycles. The lowest BCUT2D eigenvalue weighted by atomic mass is 10.2. The van der Waals surface area contributed by atoms with Crippen molar-refractivity contribution in [3.63, 3.8) is 0 Å². The molecule has 4 N–H and O–H groups in total. The third-order valence-electron chi connectivity index (χ3n) is 2.81. The molecular weight excluding hydrogens is 280 g/mol. The fourth-order valence-electron chi connectivity index (χ4n) is 1.73. The third-order valence-corrected chi connectivity index (χ3v) is 2.81. The number of hydrogen-bond donors (Lipinski definition) is 4. The number of benzene rings is 1. The zero-order chi connectivity index (χ0) is 16.4. The third kappa shape index (κ3) is 6.47. The number of hydrogen-bond acceptors (Lipinski definition) is 3. The van der Waals surface area contributed by atoms with Gasteiger partial charge in [-0.05, 0) is 25.0 Å². The Hall–Kier alpha value is -2.24. The number of nitrogens with one attached hydrogen (secondary N) is 3. The maximum absolute atomic E-state index is 11.9. The Morgan fingerprint density at radius 2 is 1.86 bits per heavy atom. The van der Waals surface area contributed by atoms with E-state index in [0.717, 1.165) is 19.0 Å². The highest BCUT2D eigenvalue weighted by Crippen LogP contribution is 2.14. The van der Waals surface area contributed by atoms with Gasteiger partial charge in [0.05, 0.1) is 5.56 Å². The second kappa shape index (κ2) is 9.65. The van der Waals surface area contributed by atoms with Crippen LogP contribution in [0.15, 0.2) is 29.3 Å². The first-order valence-corrected chi connectivity index (χ1v) is 7.63. The fraction of sp³-hybridized carbons (Fsp3) is 0.500. The van der Waals surface area contributed by atoms with Gasteiger partial charge in [0.25, 0.3) is 5.91 Å². The normalized spacial score (nSPS) is 11.4. The van der Waals surface area contributed by atoms with E-state index < -0.39 is 0 Å². The Morgan fingerprint density at radius 1 is 1.18 bits per heavy atom. The Morgan fingerprint density at radius 3 is 2.50 bits per heavy atom. The molecule has 1 aromatic rings. The molecule has 0 aliphatic rings. The minimum absolute atomic E-state index is 0.0141. The van der Waals surface area contributed by atoms with Crippen molar-refractivity contribution in [2.45, 2.75) is 20.8 Å². The fourth-order valence-corrected chi connectivity index (χ4v) is 1.73. The molecule has 6 nitrogen and oxygen atoms in total. The molecule has 0 fully saturated rings. The van der Waals surface area contributed by atoms with Gasteiger partial charge < -0.3 is 21.1 Å². The molecule has 0 radical (unpaired) electrons. The van der Waals surface area contributed by atoms with Crippen LogP contribution in [0, 0.1) is 5.92 Å². The summed E-state index contributed by atoms with van der Waals surface area (Å²) >= 11 is 0. The van der Waals surface area contributed by atoms with Crippen molar-refractivity contribution in [3.8, 4) is 5.75 Å². The van der Waals surface area contributed by atoms with Crippen molar-refractivity contribution in [2.75, 3.05) is 26.2 Å². The van der Waals surface area contributed by atoms with Crippen molar-refractivity contribution in [1.29, 1.82) is 0 Å². The van der Waals surface area contributed by atoms with Crippen LogP contribution in [0.2, 0.25) is 0 Å². The quantitative estimate of drug-likeness (QED) is 0.348. The first kappa shape index (κ1) is 17.8. The standard InChI is InChI=1S/C16H26N4O2/c1-4-17-16(20-11-12(2)3)19-10-9-18-15(22)13-7-5-6-8-14(13)21/h5-8,12,21H,4,9-11H2,1-3H3,(H,18,22)(H2,17,19,20). The van der Waals surface area contributed by atoms with Crippen LogP contribution >= 0.6 is 0 Å². The number of nitrogens with zero attached hydrogens (tertiary/aromatic N) is 1. The number of phenols is 1. The van der Waals surface area contributed by atoms with E-state index in [1.807, 2.05) is 6.92 Å². The van der Waals surface area contributed by atoms with Crippen LogP contribution in [0.1, 0.15) is 31.1 Å². The molecule has 6 heteroatoms. The summed E-state index contributed by atoms with van der Waals surface area (Å²) in [5.74, 6) is 0.938. The summed E-state index contributed by atoms with van der Waals surface area (Å²) in [5, 5.41) is 18.7. The van der Waals surface area contributed by atoms with Crippen LogP contribution in [-0.2, 0) is 0 Å². The molecule has 0 unspecified atom stereocenters. The molecule has 0 saturated carbocycles. The predicted octanol–water partition coefficient (Wildman–Crippen LogP) is 1.33. The van der Waals surface area contributed by atoms with Gasteiger partial charge >= 0.3 is 0 Å². The summed E-state index contributed by atoms with van der Waals surface area (Å²) in [5.41, 5.74) is 0.280. The number of rotatable bonds is 7. The number of carbonyl (C=O) groups is 1. The molecule has 0 bridgehead atoms. The van der Waals surface area contributed by atoms with Crippen molar-refractivity contribution in [1.82, 2.24) is 16.0 Å². The lowest BCUT2D eigenvalue weighted by Gasteiger charge is -2.12. The minimum atomic E-state index is -0.288. The molecule has 0 aliphatic carbocycles. The van der Waals surface area contributed by atoms with Gasteiger partial charge in [-0.2, -0.15) is 0 Å². The summed E-state index contributed by atoms with van der Waals surface area (Å²) in [4.78, 5) is 16.3. The van der Waals surface area contributed by atoms with E-state index in [2.05, 4.69) is 34.8 Å². The zero-order valence-electron chi connectivity index (χ0n) is 13.5. The highest BCUT2D eigenvalue weighted by atomic mass is 16.3. The number of phenolic OH excluding ortho intramolecular Hbond substituents is 1. The Balaban J connectivity index is 2.38. The van der Waals surface area contributed by atoms with Gasteiger partial charge in [0, 0.05) is 26.2 Å². The second-order valence-corrected chi connectivity index (χ2v) is 5.31. The summed E-state index contributed by atoms with van der Waals surface area (Å²) in [7, 11) is 0. The Kier molecular flexibility index (Phi) is 7.81. The first-order valence-electron chi connectivity index (χ1n) is 7.63. The summed E-state index contributed by atoms with van der Waals surface area (Å²) < 4.78 is 0. The Bertz CT molecular complexity index is 501. The summed E-state index contributed by atoms with van der Waals surface area (Å²) in [6, 6.07) is 6.48. The van der Waals surface area contributed by atoms with E-state index in [0.29, 0.717) is 19.0 Å². The van der Waals surface area contributed by atoms with E-state index in [1.54, 1.807) is 18.2 Å². The van der Waals surface area contributed by atoms with Crippen molar-refractivity contribution in [2.24, 2.45) is 10.9 Å². The highest BCUT2D eigenvalue weighted by molar-refractivity contribution is 5.96. The van der Waals surface area contributed by atoms with Gasteiger partial charge in [-0.3, -0.25) is 9.79 Å². The van der Waals surface area contributed by atoms with Gasteiger partial charge in [0.15, 0.2) is 5.96 Å². The number of carbonyl (C=O) groups excluding carboxylic acids is 1. The van der Waals surface area contributed by atoms with E-state index in [-0.39, 0.29) is 17.2 Å². The number of amides is 1. The first-order chi connectivity index (χ1) is 10.5. The molecule has 0 spiro atoms. The second-order valence-electron chi connectivity index (χ2n) is 5.31. The van der Waals surface area contributed by atoms with Crippen LogP contribution in [0.25, 0.3) is 0 Å². The number of guanidine groups is 1. The minimum Gasteiger partial charge on any atom is -0.507 e. The maximum Gasteiger partial charge on any atom is 0.255 e. The monoisotopic (exact) mass is 306 g/mol. The molecule has 1 aromatic carbocycles. The van der Waals surface area contributed by atoms with E-state index in [4.69, 9.17) is 0 Å². The molecule has 0 aliphatic heterocycles. The van der Waals surface area contributed by atoms with Crippen LogP contribution < -0.4 is 16.0 Å². The molecule has 1 rings (SSSR count). The Labute approximate surface area is 132 Å². The smallest absolute Gasteiger partial charge is 0.255 e. The molecule has 0 saturated heterocycles. The van der Waals surface area contributed by atoms with E-state index >= 15 is 0 Å². The molecule has 1 amide bonds. The molecule has 22 heavy (non-hydrogen) atoms. The van der Waals surface area contributed by atoms with Gasteiger partial charge in [0.1, 0.15) is 5.75 Å². The zero-order valence-corrected chi connectivity index (χ0v) is 13.5. The van der Waals surface area contributed by atoms with Gasteiger partial charge in [-0.1, -0.05) is 26.0 Å². The molecule has 0 atom stereocenters. The lowest BCUT2D eigenvalue weighted by Crippen LogP contribution is -2.41. The van der Waals surface area contributed by atoms with Crippen molar-refractivity contribution in [3.05, 3.63) is 29.8 Å². The van der Waals surface area contributed by atoms with Gasteiger partial charge in [-0.15, -0.1) is 0 Å². The number of para-hydroxylation sites is 1. The maximum atomic E-state index is 11.9. The lowest BCUT2D eigenvalue weighted by molar-refractivity contribution is 0.0951. The number of aliphatic imine (C=N–C) groups is 1.